The van der Waals surface area contributed by atoms with E-state index in [9.17, 15) is 0 Å². The highest BCUT2D eigenvalue weighted by Crippen LogP contribution is 2.12. The number of aromatic nitrogens is 3. The van der Waals surface area contributed by atoms with Crippen LogP contribution in [-0.2, 0) is 6.54 Å². The number of imidazole rings is 1. The van der Waals surface area contributed by atoms with E-state index in [0.717, 1.165) is 37.3 Å². The van der Waals surface area contributed by atoms with Gasteiger partial charge in [-0.2, -0.15) is 0 Å². The van der Waals surface area contributed by atoms with Crippen LogP contribution < -0.4 is 10.6 Å². The van der Waals surface area contributed by atoms with Crippen molar-refractivity contribution in [1.29, 1.82) is 0 Å². The third-order valence-corrected chi connectivity index (χ3v) is 2.76. The fourth-order valence-electron chi connectivity index (χ4n) is 1.74. The lowest BCUT2D eigenvalue weighted by Gasteiger charge is -2.07. The maximum atomic E-state index is 4.16. The molecule has 0 aromatic carbocycles. The Labute approximate surface area is 107 Å². The molecule has 0 aliphatic carbocycles. The molecule has 0 spiro atoms. The summed E-state index contributed by atoms with van der Waals surface area (Å²) in [5, 5.41) is 6.45. The van der Waals surface area contributed by atoms with Gasteiger partial charge >= 0.3 is 0 Å². The molecule has 96 valence electrons. The van der Waals surface area contributed by atoms with Crippen LogP contribution in [0.15, 0.2) is 37.2 Å². The molecule has 0 aliphatic rings. The second kappa shape index (κ2) is 6.64. The molecule has 0 aliphatic heterocycles. The monoisotopic (exact) mass is 245 g/mol. The summed E-state index contributed by atoms with van der Waals surface area (Å²) in [6.07, 6.45) is 11.6. The van der Waals surface area contributed by atoms with Crippen LogP contribution in [0.2, 0.25) is 0 Å². The van der Waals surface area contributed by atoms with Crippen LogP contribution in [0.1, 0.15) is 12.8 Å². The first kappa shape index (κ1) is 12.4. The van der Waals surface area contributed by atoms with Crippen LogP contribution >= 0.6 is 0 Å². The van der Waals surface area contributed by atoms with E-state index in [-0.39, 0.29) is 0 Å². The smallest absolute Gasteiger partial charge is 0.0945 e. The number of aryl methyl sites for hydroxylation is 1. The molecule has 2 heterocycles. The van der Waals surface area contributed by atoms with Crippen molar-refractivity contribution in [2.75, 3.05) is 24.2 Å². The molecule has 0 saturated carbocycles. The molecule has 5 heteroatoms. The number of hydrogen-bond acceptors (Lipinski definition) is 4. The van der Waals surface area contributed by atoms with Gasteiger partial charge in [-0.3, -0.25) is 4.98 Å². The molecule has 2 rings (SSSR count). The molecule has 0 saturated heterocycles. The maximum Gasteiger partial charge on any atom is 0.0945 e. The van der Waals surface area contributed by atoms with Crippen LogP contribution in [0, 0.1) is 0 Å². The highest BCUT2D eigenvalue weighted by molar-refractivity contribution is 5.53. The zero-order valence-corrected chi connectivity index (χ0v) is 10.6. The van der Waals surface area contributed by atoms with Gasteiger partial charge in [-0.25, -0.2) is 4.98 Å². The van der Waals surface area contributed by atoms with Gasteiger partial charge in [0.05, 0.1) is 30.1 Å². The highest BCUT2D eigenvalue weighted by atomic mass is 15.0. The zero-order valence-electron chi connectivity index (χ0n) is 10.6. The Morgan fingerprint density at radius 3 is 2.83 bits per heavy atom. The summed E-state index contributed by atoms with van der Waals surface area (Å²) in [6, 6.07) is 2.06. The third kappa shape index (κ3) is 3.76. The predicted molar refractivity (Wildman–Crippen MR) is 73.7 cm³/mol. The first-order chi connectivity index (χ1) is 8.88. The summed E-state index contributed by atoms with van der Waals surface area (Å²) in [4.78, 5) is 8.18. The molecule has 0 amide bonds. The molecular formula is C13H19N5. The van der Waals surface area contributed by atoms with Crippen molar-refractivity contribution < 1.29 is 0 Å². The van der Waals surface area contributed by atoms with Gasteiger partial charge in [0, 0.05) is 32.5 Å². The van der Waals surface area contributed by atoms with Crippen molar-refractivity contribution in [1.82, 2.24) is 14.5 Å². The Morgan fingerprint density at radius 1 is 1.17 bits per heavy atom. The topological polar surface area (TPSA) is 54.8 Å². The SMILES string of the molecule is CNc1cncc(NCCCCn2ccnc2)c1. The molecule has 0 fully saturated rings. The largest absolute Gasteiger partial charge is 0.387 e. The van der Waals surface area contributed by atoms with Gasteiger partial charge < -0.3 is 15.2 Å². The van der Waals surface area contributed by atoms with Gasteiger partial charge in [0.2, 0.25) is 0 Å². The summed E-state index contributed by atoms with van der Waals surface area (Å²) >= 11 is 0. The number of nitrogens with one attached hydrogen (secondary N) is 2. The molecule has 2 aromatic heterocycles. The minimum Gasteiger partial charge on any atom is -0.387 e. The van der Waals surface area contributed by atoms with Crippen molar-refractivity contribution >= 4 is 11.4 Å². The van der Waals surface area contributed by atoms with E-state index in [1.165, 1.54) is 0 Å². The standard InChI is InChI=1S/C13H19N5/c1-14-12-8-13(10-16-9-12)17-4-2-3-6-18-7-5-15-11-18/h5,7-11,14,17H,2-4,6H2,1H3. The number of hydrogen-bond donors (Lipinski definition) is 2. The second-order valence-electron chi connectivity index (χ2n) is 4.15. The van der Waals surface area contributed by atoms with Gasteiger partial charge in [0.15, 0.2) is 0 Å². The second-order valence-corrected chi connectivity index (χ2v) is 4.15. The number of anilines is 2. The van der Waals surface area contributed by atoms with Gasteiger partial charge in [0.1, 0.15) is 0 Å². The number of unbranched alkanes of at least 4 members (excludes halogenated alkanes) is 1. The van der Waals surface area contributed by atoms with E-state index in [1.54, 1.807) is 0 Å². The van der Waals surface area contributed by atoms with Crippen molar-refractivity contribution in [3.63, 3.8) is 0 Å². The number of nitrogens with zero attached hydrogens (tertiary/aromatic N) is 3. The van der Waals surface area contributed by atoms with E-state index in [2.05, 4.69) is 31.2 Å². The van der Waals surface area contributed by atoms with Gasteiger partial charge in [-0.1, -0.05) is 0 Å². The Hall–Kier alpha value is -2.04. The number of rotatable bonds is 7. The lowest BCUT2D eigenvalue weighted by Crippen LogP contribution is -2.04. The van der Waals surface area contributed by atoms with Crippen molar-refractivity contribution in [3.8, 4) is 0 Å². The summed E-state index contributed by atoms with van der Waals surface area (Å²) in [5.74, 6) is 0. The van der Waals surface area contributed by atoms with Gasteiger partial charge in [-0.15, -0.1) is 0 Å². The first-order valence-corrected chi connectivity index (χ1v) is 6.21. The van der Waals surface area contributed by atoms with Crippen molar-refractivity contribution in [2.45, 2.75) is 19.4 Å². The van der Waals surface area contributed by atoms with Crippen LogP contribution in [-0.4, -0.2) is 28.1 Å². The molecule has 5 nitrogen and oxygen atoms in total. The average Bonchev–Trinajstić information content (AvgIpc) is 2.92. The lowest BCUT2D eigenvalue weighted by atomic mass is 10.3. The Kier molecular flexibility index (Phi) is 4.58. The predicted octanol–water partition coefficient (Wildman–Crippen LogP) is 2.21. The summed E-state index contributed by atoms with van der Waals surface area (Å²) in [7, 11) is 1.89. The quantitative estimate of drug-likeness (QED) is 0.734. The molecular weight excluding hydrogens is 226 g/mol. The fraction of sp³-hybridized carbons (Fsp3) is 0.385. The zero-order chi connectivity index (χ0) is 12.6. The Morgan fingerprint density at radius 2 is 2.06 bits per heavy atom. The van der Waals surface area contributed by atoms with Crippen molar-refractivity contribution in [2.24, 2.45) is 0 Å². The lowest BCUT2D eigenvalue weighted by molar-refractivity contribution is 0.621. The van der Waals surface area contributed by atoms with Crippen LogP contribution in [0.4, 0.5) is 11.4 Å². The van der Waals surface area contributed by atoms with E-state index in [0.29, 0.717) is 0 Å². The van der Waals surface area contributed by atoms with E-state index < -0.39 is 0 Å². The average molecular weight is 245 g/mol. The molecule has 2 N–H and O–H groups in total. The van der Waals surface area contributed by atoms with Gasteiger partial charge in [-0.05, 0) is 18.9 Å². The molecule has 18 heavy (non-hydrogen) atoms. The normalized spacial score (nSPS) is 10.3. The maximum absolute atomic E-state index is 4.16. The Bertz CT molecular complexity index is 452. The van der Waals surface area contributed by atoms with E-state index >= 15 is 0 Å². The van der Waals surface area contributed by atoms with E-state index in [1.807, 2.05) is 38.2 Å². The van der Waals surface area contributed by atoms with Crippen LogP contribution in [0.25, 0.3) is 0 Å². The van der Waals surface area contributed by atoms with Crippen LogP contribution in [0.3, 0.4) is 0 Å². The molecule has 0 radical (unpaired) electrons. The minimum absolute atomic E-state index is 0.962. The van der Waals surface area contributed by atoms with Crippen molar-refractivity contribution in [3.05, 3.63) is 37.2 Å². The number of pyridine rings is 1. The van der Waals surface area contributed by atoms with Crippen LogP contribution in [0.5, 0.6) is 0 Å². The summed E-state index contributed by atoms with van der Waals surface area (Å²) < 4.78 is 2.10. The molecule has 0 unspecified atom stereocenters. The molecule has 0 atom stereocenters. The fourth-order valence-corrected chi connectivity index (χ4v) is 1.74. The molecule has 2 aromatic rings. The highest BCUT2D eigenvalue weighted by Gasteiger charge is 1.95. The third-order valence-electron chi connectivity index (χ3n) is 2.76. The minimum atomic E-state index is 0.962. The summed E-state index contributed by atoms with van der Waals surface area (Å²) in [5.41, 5.74) is 2.09. The Balaban J connectivity index is 1.65. The van der Waals surface area contributed by atoms with Gasteiger partial charge in [0.25, 0.3) is 0 Å². The summed E-state index contributed by atoms with van der Waals surface area (Å²) in [6.45, 7) is 1.99. The first-order valence-electron chi connectivity index (χ1n) is 6.21. The van der Waals surface area contributed by atoms with E-state index in [4.69, 9.17) is 0 Å². The molecule has 0 bridgehead atoms.